The molecule has 2 atom stereocenters. The van der Waals surface area contributed by atoms with E-state index < -0.39 is 23.9 Å². The van der Waals surface area contributed by atoms with Crippen molar-refractivity contribution in [2.75, 3.05) is 19.6 Å². The van der Waals surface area contributed by atoms with Gasteiger partial charge in [-0.3, -0.25) is 0 Å². The van der Waals surface area contributed by atoms with Gasteiger partial charge in [0, 0.05) is 25.0 Å². The van der Waals surface area contributed by atoms with Crippen molar-refractivity contribution in [3.63, 3.8) is 0 Å². The van der Waals surface area contributed by atoms with Gasteiger partial charge in [-0.15, -0.1) is 11.6 Å². The number of carbonyl (C=O) groups excluding carboxylic acids is 1. The molecule has 2 aromatic rings. The third kappa shape index (κ3) is 6.32. The quantitative estimate of drug-likeness (QED) is 0.258. The van der Waals surface area contributed by atoms with Crippen LogP contribution in [0.3, 0.4) is 0 Å². The second kappa shape index (κ2) is 11.3. The summed E-state index contributed by atoms with van der Waals surface area (Å²) in [5, 5.41) is 0. The van der Waals surface area contributed by atoms with Gasteiger partial charge < -0.3 is 14.2 Å². The molecule has 0 saturated heterocycles. The van der Waals surface area contributed by atoms with Gasteiger partial charge in [0.1, 0.15) is 6.10 Å². The van der Waals surface area contributed by atoms with Crippen LogP contribution in [0.4, 0.5) is 13.2 Å². The van der Waals surface area contributed by atoms with Crippen LogP contribution in [0.25, 0.3) is 0 Å². The van der Waals surface area contributed by atoms with Crippen molar-refractivity contribution in [3.05, 3.63) is 83.9 Å². The molecule has 0 unspecified atom stereocenters. The summed E-state index contributed by atoms with van der Waals surface area (Å²) in [5.74, 6) is -1.51. The highest BCUT2D eigenvalue weighted by atomic mass is 35.5. The number of esters is 1. The number of rotatable bonds is 11. The Morgan fingerprint density at radius 3 is 2.16 bits per heavy atom. The van der Waals surface area contributed by atoms with Crippen molar-refractivity contribution in [1.29, 1.82) is 0 Å². The van der Waals surface area contributed by atoms with E-state index in [1.54, 1.807) is 0 Å². The third-order valence-corrected chi connectivity index (χ3v) is 4.95. The SMILES string of the molecule is C=C(CCl)C[C@@H](COCc1ccccc1)OC(=O)[C@](OC)(c1ccccc1)C(F)(F)F. The summed E-state index contributed by atoms with van der Waals surface area (Å²) in [6.07, 6.45) is -6.03. The number of alkyl halides is 4. The molecule has 0 amide bonds. The average Bonchev–Trinajstić information content (AvgIpc) is 2.75. The molecular formula is C23H24ClF3O4. The van der Waals surface area contributed by atoms with Gasteiger partial charge in [0.25, 0.3) is 5.60 Å². The first kappa shape index (κ1) is 24.9. The van der Waals surface area contributed by atoms with Crippen molar-refractivity contribution in [1.82, 2.24) is 0 Å². The Balaban J connectivity index is 2.23. The zero-order chi connectivity index (χ0) is 22.9. The smallest absolute Gasteiger partial charge is 0.432 e. The molecule has 0 heterocycles. The van der Waals surface area contributed by atoms with Crippen LogP contribution >= 0.6 is 11.6 Å². The molecule has 0 saturated carbocycles. The van der Waals surface area contributed by atoms with E-state index in [9.17, 15) is 18.0 Å². The van der Waals surface area contributed by atoms with E-state index in [1.165, 1.54) is 18.2 Å². The maximum Gasteiger partial charge on any atom is 0.432 e. The molecule has 0 aliphatic rings. The summed E-state index contributed by atoms with van der Waals surface area (Å²) < 4.78 is 57.8. The van der Waals surface area contributed by atoms with Gasteiger partial charge >= 0.3 is 12.1 Å². The molecule has 0 bridgehead atoms. The first-order valence-corrected chi connectivity index (χ1v) is 10.0. The molecule has 31 heavy (non-hydrogen) atoms. The summed E-state index contributed by atoms with van der Waals surface area (Å²) in [6, 6.07) is 15.8. The molecule has 4 nitrogen and oxygen atoms in total. The van der Waals surface area contributed by atoms with Crippen LogP contribution in [0.15, 0.2) is 72.8 Å². The molecule has 2 aromatic carbocycles. The Morgan fingerprint density at radius 2 is 1.65 bits per heavy atom. The van der Waals surface area contributed by atoms with Crippen LogP contribution in [-0.2, 0) is 31.2 Å². The van der Waals surface area contributed by atoms with Crippen LogP contribution in [0, 0.1) is 0 Å². The Labute approximate surface area is 184 Å². The van der Waals surface area contributed by atoms with E-state index in [0.29, 0.717) is 5.57 Å². The van der Waals surface area contributed by atoms with Gasteiger partial charge in [-0.1, -0.05) is 72.8 Å². The minimum Gasteiger partial charge on any atom is -0.457 e. The highest BCUT2D eigenvalue weighted by Crippen LogP contribution is 2.43. The van der Waals surface area contributed by atoms with Crippen molar-refractivity contribution in [3.8, 4) is 0 Å². The normalized spacial score (nSPS) is 14.5. The van der Waals surface area contributed by atoms with Gasteiger partial charge in [0.15, 0.2) is 0 Å². The molecule has 168 valence electrons. The monoisotopic (exact) mass is 456 g/mol. The molecule has 0 N–H and O–H groups in total. The number of benzene rings is 2. The molecule has 2 rings (SSSR count). The fraction of sp³-hybridized carbons (Fsp3) is 0.348. The molecule has 0 aliphatic carbocycles. The fourth-order valence-electron chi connectivity index (χ4n) is 3.01. The first-order valence-electron chi connectivity index (χ1n) is 9.47. The molecule has 0 spiro atoms. The fourth-order valence-corrected chi connectivity index (χ4v) is 3.12. The van der Waals surface area contributed by atoms with Crippen molar-refractivity contribution >= 4 is 17.6 Å². The van der Waals surface area contributed by atoms with Crippen LogP contribution in [-0.4, -0.2) is 37.8 Å². The van der Waals surface area contributed by atoms with Gasteiger partial charge in [-0.05, 0) is 5.56 Å². The lowest BCUT2D eigenvalue weighted by molar-refractivity contribution is -0.278. The Kier molecular flexibility index (Phi) is 9.10. The van der Waals surface area contributed by atoms with Crippen LogP contribution in [0.2, 0.25) is 0 Å². The number of halogens is 4. The number of hydrogen-bond acceptors (Lipinski definition) is 4. The number of carbonyl (C=O) groups is 1. The summed E-state index contributed by atoms with van der Waals surface area (Å²) in [7, 11) is 0.820. The second-order valence-electron chi connectivity index (χ2n) is 6.86. The van der Waals surface area contributed by atoms with E-state index in [2.05, 4.69) is 6.58 Å². The minimum atomic E-state index is -5.06. The molecule has 0 fully saturated rings. The zero-order valence-corrected chi connectivity index (χ0v) is 17.8. The predicted octanol–water partition coefficient (Wildman–Crippen LogP) is 5.40. The van der Waals surface area contributed by atoms with Gasteiger partial charge in [0.2, 0.25) is 0 Å². The van der Waals surface area contributed by atoms with Crippen molar-refractivity contribution in [2.45, 2.75) is 30.9 Å². The van der Waals surface area contributed by atoms with Crippen LogP contribution in [0.5, 0.6) is 0 Å². The summed E-state index contributed by atoms with van der Waals surface area (Å²) in [6.45, 7) is 3.81. The lowest BCUT2D eigenvalue weighted by atomic mass is 9.92. The molecule has 0 radical (unpaired) electrons. The molecule has 8 heteroatoms. The number of methoxy groups -OCH3 is 1. The topological polar surface area (TPSA) is 44.8 Å². The zero-order valence-electron chi connectivity index (χ0n) is 17.0. The average molecular weight is 457 g/mol. The summed E-state index contributed by atoms with van der Waals surface area (Å²) >= 11 is 5.76. The van der Waals surface area contributed by atoms with E-state index in [4.69, 9.17) is 25.8 Å². The van der Waals surface area contributed by atoms with Gasteiger partial charge in [0.05, 0.1) is 13.2 Å². The third-order valence-electron chi connectivity index (χ3n) is 4.57. The number of ether oxygens (including phenoxy) is 3. The van der Waals surface area contributed by atoms with Crippen molar-refractivity contribution < 1.29 is 32.2 Å². The largest absolute Gasteiger partial charge is 0.457 e. The van der Waals surface area contributed by atoms with Crippen LogP contribution < -0.4 is 0 Å². The maximum atomic E-state index is 14.1. The van der Waals surface area contributed by atoms with E-state index in [0.717, 1.165) is 24.8 Å². The highest BCUT2D eigenvalue weighted by molar-refractivity contribution is 6.19. The lowest BCUT2D eigenvalue weighted by Gasteiger charge is -2.33. The summed E-state index contributed by atoms with van der Waals surface area (Å²) in [5.41, 5.74) is -2.28. The predicted molar refractivity (Wildman–Crippen MR) is 112 cm³/mol. The second-order valence-corrected chi connectivity index (χ2v) is 7.13. The number of hydrogen-bond donors (Lipinski definition) is 0. The van der Waals surface area contributed by atoms with Crippen LogP contribution in [0.1, 0.15) is 17.5 Å². The lowest BCUT2D eigenvalue weighted by Crippen LogP contribution is -2.52. The van der Waals surface area contributed by atoms with E-state index >= 15 is 0 Å². The first-order chi connectivity index (χ1) is 14.7. The van der Waals surface area contributed by atoms with E-state index in [-0.39, 0.29) is 31.1 Å². The Bertz CT molecular complexity index is 843. The van der Waals surface area contributed by atoms with E-state index in [1.807, 2.05) is 30.3 Å². The van der Waals surface area contributed by atoms with Gasteiger partial charge in [-0.2, -0.15) is 13.2 Å². The minimum absolute atomic E-state index is 0.0521. The molecule has 0 aromatic heterocycles. The Hall–Kier alpha value is -2.35. The summed E-state index contributed by atoms with van der Waals surface area (Å²) in [4.78, 5) is 12.9. The van der Waals surface area contributed by atoms with Crippen molar-refractivity contribution in [2.24, 2.45) is 0 Å². The van der Waals surface area contributed by atoms with Gasteiger partial charge in [-0.25, -0.2) is 4.79 Å². The molecule has 0 aliphatic heterocycles. The Morgan fingerprint density at radius 1 is 1.06 bits per heavy atom. The molecular weight excluding hydrogens is 433 g/mol. The maximum absolute atomic E-state index is 14.1. The standard InChI is InChI=1S/C23H24ClF3O4/c1-17(14-24)13-20(16-30-15-18-9-5-3-6-10-18)31-21(28)22(29-2,23(25,26)27)19-11-7-4-8-12-19/h3-12,20H,1,13-16H2,2H3/t20-,22+/m0/s1. The highest BCUT2D eigenvalue weighted by Gasteiger charge is 2.64.